The lowest BCUT2D eigenvalue weighted by Gasteiger charge is -2.31. The molecule has 0 spiro atoms. The van der Waals surface area contributed by atoms with Crippen LogP contribution in [0, 0.1) is 0 Å². The van der Waals surface area contributed by atoms with Gasteiger partial charge in [0.05, 0.1) is 12.0 Å². The summed E-state index contributed by atoms with van der Waals surface area (Å²) in [6.07, 6.45) is 0.322. The Bertz CT molecular complexity index is 814. The molecule has 2 aromatic rings. The number of nitrogens with zero attached hydrogens (tertiary/aromatic N) is 1. The summed E-state index contributed by atoms with van der Waals surface area (Å²) < 4.78 is 11.4. The number of ketones is 1. The van der Waals surface area contributed by atoms with E-state index in [2.05, 4.69) is 0 Å². The SMILES string of the molecule is CN(Cc1ccccc1)C(=O)COc1ccc2c(c1)C(=O)CC(C)(C)O2. The van der Waals surface area contributed by atoms with Gasteiger partial charge in [-0.25, -0.2) is 0 Å². The number of likely N-dealkylation sites (N-methyl/N-ethyl adjacent to an activating group) is 1. The summed E-state index contributed by atoms with van der Waals surface area (Å²) in [5, 5.41) is 0. The third kappa shape index (κ3) is 4.23. The second kappa shape index (κ2) is 7.20. The fourth-order valence-corrected chi connectivity index (χ4v) is 2.92. The van der Waals surface area contributed by atoms with Crippen LogP contribution >= 0.6 is 0 Å². The van der Waals surface area contributed by atoms with Crippen molar-refractivity contribution < 1.29 is 19.1 Å². The summed E-state index contributed by atoms with van der Waals surface area (Å²) in [5.41, 5.74) is 1.07. The van der Waals surface area contributed by atoms with Crippen LogP contribution in [0.25, 0.3) is 0 Å². The van der Waals surface area contributed by atoms with E-state index < -0.39 is 5.60 Å². The van der Waals surface area contributed by atoms with Gasteiger partial charge in [0.2, 0.25) is 0 Å². The molecule has 1 aliphatic heterocycles. The highest BCUT2D eigenvalue weighted by molar-refractivity contribution is 6.00. The Morgan fingerprint density at radius 1 is 1.19 bits per heavy atom. The molecule has 0 atom stereocenters. The molecule has 5 heteroatoms. The van der Waals surface area contributed by atoms with Gasteiger partial charge in [0.1, 0.15) is 17.1 Å². The molecule has 5 nitrogen and oxygen atoms in total. The van der Waals surface area contributed by atoms with Gasteiger partial charge in [-0.3, -0.25) is 9.59 Å². The summed E-state index contributed by atoms with van der Waals surface area (Å²) in [6.45, 7) is 4.22. The molecule has 0 unspecified atom stereocenters. The van der Waals surface area contributed by atoms with Crippen LogP contribution in [0.2, 0.25) is 0 Å². The van der Waals surface area contributed by atoms with E-state index in [9.17, 15) is 9.59 Å². The van der Waals surface area contributed by atoms with Gasteiger partial charge < -0.3 is 14.4 Å². The van der Waals surface area contributed by atoms with E-state index in [1.165, 1.54) is 0 Å². The first kappa shape index (κ1) is 18.0. The number of carbonyl (C=O) groups excluding carboxylic acids is 2. The predicted octanol–water partition coefficient (Wildman–Crippen LogP) is 3.47. The molecular formula is C21H23NO4. The molecule has 136 valence electrons. The van der Waals surface area contributed by atoms with Crippen LogP contribution < -0.4 is 9.47 Å². The Balaban J connectivity index is 1.61. The van der Waals surface area contributed by atoms with Crippen molar-refractivity contribution in [3.05, 3.63) is 59.7 Å². The van der Waals surface area contributed by atoms with Crippen LogP contribution in [-0.2, 0) is 11.3 Å². The zero-order valence-electron chi connectivity index (χ0n) is 15.3. The second-order valence-electron chi connectivity index (χ2n) is 7.14. The minimum absolute atomic E-state index is 0.0224. The van der Waals surface area contributed by atoms with E-state index in [4.69, 9.17) is 9.47 Å². The van der Waals surface area contributed by atoms with Crippen molar-refractivity contribution in [1.29, 1.82) is 0 Å². The van der Waals surface area contributed by atoms with Gasteiger partial charge in [-0.1, -0.05) is 30.3 Å². The number of benzene rings is 2. The van der Waals surface area contributed by atoms with Crippen molar-refractivity contribution >= 4 is 11.7 Å². The van der Waals surface area contributed by atoms with Gasteiger partial charge >= 0.3 is 0 Å². The Morgan fingerprint density at radius 2 is 1.92 bits per heavy atom. The fraction of sp³-hybridized carbons (Fsp3) is 0.333. The van der Waals surface area contributed by atoms with E-state index in [0.29, 0.717) is 30.0 Å². The lowest BCUT2D eigenvalue weighted by molar-refractivity contribution is -0.132. The summed E-state index contributed by atoms with van der Waals surface area (Å²) in [5.74, 6) is 0.942. The van der Waals surface area contributed by atoms with E-state index in [1.807, 2.05) is 44.2 Å². The molecule has 0 bridgehead atoms. The first-order valence-electron chi connectivity index (χ1n) is 8.61. The lowest BCUT2D eigenvalue weighted by atomic mass is 9.93. The van der Waals surface area contributed by atoms with E-state index >= 15 is 0 Å². The number of rotatable bonds is 5. The molecule has 1 aliphatic rings. The van der Waals surface area contributed by atoms with Gasteiger partial charge in [-0.15, -0.1) is 0 Å². The monoisotopic (exact) mass is 353 g/mol. The molecule has 2 aromatic carbocycles. The molecule has 0 saturated carbocycles. The maximum absolute atomic E-state index is 12.3. The minimum Gasteiger partial charge on any atom is -0.487 e. The largest absolute Gasteiger partial charge is 0.487 e. The zero-order valence-corrected chi connectivity index (χ0v) is 15.3. The Morgan fingerprint density at radius 3 is 2.65 bits per heavy atom. The molecule has 26 heavy (non-hydrogen) atoms. The number of amides is 1. The minimum atomic E-state index is -0.497. The van der Waals surface area contributed by atoms with Crippen LogP contribution in [0.3, 0.4) is 0 Å². The summed E-state index contributed by atoms with van der Waals surface area (Å²) >= 11 is 0. The molecule has 0 aromatic heterocycles. The van der Waals surface area contributed by atoms with Crippen molar-refractivity contribution in [1.82, 2.24) is 4.90 Å². The van der Waals surface area contributed by atoms with Gasteiger partial charge in [-0.2, -0.15) is 0 Å². The van der Waals surface area contributed by atoms with Gasteiger partial charge in [0.25, 0.3) is 5.91 Å². The molecule has 0 radical (unpaired) electrons. The standard InChI is InChI=1S/C21H23NO4/c1-21(2)12-18(23)17-11-16(9-10-19(17)26-21)25-14-20(24)22(3)13-15-7-5-4-6-8-15/h4-11H,12-14H2,1-3H3. The van der Waals surface area contributed by atoms with Crippen LogP contribution in [-0.4, -0.2) is 35.8 Å². The number of ether oxygens (including phenoxy) is 2. The van der Waals surface area contributed by atoms with Crippen molar-refractivity contribution in [3.8, 4) is 11.5 Å². The summed E-state index contributed by atoms with van der Waals surface area (Å²) in [7, 11) is 1.74. The number of carbonyl (C=O) groups is 2. The summed E-state index contributed by atoms with van der Waals surface area (Å²) in [4.78, 5) is 26.2. The molecule has 1 heterocycles. The maximum atomic E-state index is 12.3. The van der Waals surface area contributed by atoms with Crippen molar-refractivity contribution in [2.75, 3.05) is 13.7 Å². The molecule has 0 fully saturated rings. The molecule has 1 amide bonds. The Hall–Kier alpha value is -2.82. The molecule has 3 rings (SSSR count). The van der Waals surface area contributed by atoms with E-state index in [0.717, 1.165) is 5.56 Å². The quantitative estimate of drug-likeness (QED) is 0.826. The smallest absolute Gasteiger partial charge is 0.260 e. The first-order chi connectivity index (χ1) is 12.3. The molecule has 0 N–H and O–H groups in total. The fourth-order valence-electron chi connectivity index (χ4n) is 2.92. The maximum Gasteiger partial charge on any atom is 0.260 e. The highest BCUT2D eigenvalue weighted by atomic mass is 16.5. The van der Waals surface area contributed by atoms with Crippen LogP contribution in [0.1, 0.15) is 36.2 Å². The average Bonchev–Trinajstić information content (AvgIpc) is 2.60. The number of Topliss-reactive ketones (excluding diaryl/α,β-unsaturated/α-hetero) is 1. The Kier molecular flexibility index (Phi) is 4.98. The van der Waals surface area contributed by atoms with Crippen LogP contribution in [0.4, 0.5) is 0 Å². The normalized spacial score (nSPS) is 15.0. The summed E-state index contributed by atoms with van der Waals surface area (Å²) in [6, 6.07) is 14.9. The van der Waals surface area contributed by atoms with E-state index in [-0.39, 0.29) is 18.3 Å². The number of fused-ring (bicyclic) bond motifs is 1. The van der Waals surface area contributed by atoms with Gasteiger partial charge in [0.15, 0.2) is 12.4 Å². The van der Waals surface area contributed by atoms with Crippen LogP contribution in [0.15, 0.2) is 48.5 Å². The Labute approximate surface area is 153 Å². The number of hydrogen-bond donors (Lipinski definition) is 0. The third-order valence-corrected chi connectivity index (χ3v) is 4.27. The van der Waals surface area contributed by atoms with Crippen molar-refractivity contribution in [2.45, 2.75) is 32.4 Å². The first-order valence-corrected chi connectivity index (χ1v) is 8.61. The van der Waals surface area contributed by atoms with Gasteiger partial charge in [0, 0.05) is 13.6 Å². The van der Waals surface area contributed by atoms with Crippen molar-refractivity contribution in [2.24, 2.45) is 0 Å². The zero-order chi connectivity index (χ0) is 18.7. The molecule has 0 aliphatic carbocycles. The van der Waals surface area contributed by atoms with E-state index in [1.54, 1.807) is 30.1 Å². The molecular weight excluding hydrogens is 330 g/mol. The lowest BCUT2D eigenvalue weighted by Crippen LogP contribution is -2.35. The van der Waals surface area contributed by atoms with Gasteiger partial charge in [-0.05, 0) is 37.6 Å². The highest BCUT2D eigenvalue weighted by Gasteiger charge is 2.32. The number of hydrogen-bond acceptors (Lipinski definition) is 4. The third-order valence-electron chi connectivity index (χ3n) is 4.27. The predicted molar refractivity (Wildman–Crippen MR) is 98.5 cm³/mol. The van der Waals surface area contributed by atoms with Crippen molar-refractivity contribution in [3.63, 3.8) is 0 Å². The average molecular weight is 353 g/mol. The molecule has 0 saturated heterocycles. The topological polar surface area (TPSA) is 55.8 Å². The highest BCUT2D eigenvalue weighted by Crippen LogP contribution is 2.35. The second-order valence-corrected chi connectivity index (χ2v) is 7.14. The van der Waals surface area contributed by atoms with Crippen LogP contribution in [0.5, 0.6) is 11.5 Å².